The molecule has 0 saturated carbocycles. The summed E-state index contributed by atoms with van der Waals surface area (Å²) in [6, 6.07) is 7.67. The van der Waals surface area contributed by atoms with E-state index in [0.29, 0.717) is 18.4 Å². The summed E-state index contributed by atoms with van der Waals surface area (Å²) in [5, 5.41) is 0.491. The molecular weight excluding hydrogens is 286 g/mol. The van der Waals surface area contributed by atoms with Crippen LogP contribution in [0.2, 0.25) is 0 Å². The fourth-order valence-corrected chi connectivity index (χ4v) is 1.70. The van der Waals surface area contributed by atoms with E-state index in [1.165, 1.54) is 0 Å². The van der Waals surface area contributed by atoms with Gasteiger partial charge >= 0.3 is 0 Å². The summed E-state index contributed by atoms with van der Waals surface area (Å²) in [7, 11) is 1.90. The lowest BCUT2D eigenvalue weighted by atomic mass is 10.3. The minimum absolute atomic E-state index is 0.164. The minimum Gasteiger partial charge on any atom is -0.487 e. The Kier molecular flexibility index (Phi) is 7.90. The molecule has 1 aromatic rings. The summed E-state index contributed by atoms with van der Waals surface area (Å²) >= 11 is 5.13. The topological polar surface area (TPSA) is 30.9 Å². The van der Waals surface area contributed by atoms with Gasteiger partial charge in [0.1, 0.15) is 13.2 Å². The van der Waals surface area contributed by atoms with Crippen LogP contribution < -0.4 is 9.47 Å². The number of ether oxygens (including phenoxy) is 3. The number of thiocarbonyl (C=S) groups is 1. The molecule has 0 spiro atoms. The van der Waals surface area contributed by atoms with Crippen LogP contribution in [0.5, 0.6) is 11.5 Å². The van der Waals surface area contributed by atoms with Gasteiger partial charge in [0, 0.05) is 13.6 Å². The maximum Gasteiger partial charge on any atom is 0.259 e. The third-order valence-electron chi connectivity index (χ3n) is 3.10. The van der Waals surface area contributed by atoms with Crippen molar-refractivity contribution in [2.24, 2.45) is 0 Å². The number of rotatable bonds is 8. The molecule has 1 aromatic carbocycles. The SMILES string of the molecule is CC[C@H](C)Oc1ccccc1OCCOC(=S)N(C)CC. The van der Waals surface area contributed by atoms with Crippen molar-refractivity contribution in [3.63, 3.8) is 0 Å². The Morgan fingerprint density at radius 3 is 2.48 bits per heavy atom. The first kappa shape index (κ1) is 17.6. The van der Waals surface area contributed by atoms with Gasteiger partial charge in [0.05, 0.1) is 6.10 Å². The summed E-state index contributed by atoms with van der Waals surface area (Å²) in [6.07, 6.45) is 1.12. The number of hydrogen-bond donors (Lipinski definition) is 0. The quantitative estimate of drug-likeness (QED) is 0.542. The van der Waals surface area contributed by atoms with E-state index in [0.717, 1.165) is 24.5 Å². The fraction of sp³-hybridized carbons (Fsp3) is 0.562. The molecule has 0 radical (unpaired) electrons. The lowest BCUT2D eigenvalue weighted by molar-refractivity contribution is 0.173. The second kappa shape index (κ2) is 9.45. The molecule has 0 aromatic heterocycles. The standard InChI is InChI=1S/C16H25NO3S/c1-5-13(3)20-15-10-8-7-9-14(15)18-11-12-19-16(21)17(4)6-2/h7-10,13H,5-6,11-12H2,1-4H3/t13-/m0/s1. The summed E-state index contributed by atoms with van der Waals surface area (Å²) in [5.74, 6) is 1.50. The van der Waals surface area contributed by atoms with Crippen molar-refractivity contribution in [1.82, 2.24) is 4.90 Å². The Labute approximate surface area is 133 Å². The first-order chi connectivity index (χ1) is 10.1. The van der Waals surface area contributed by atoms with Crippen molar-refractivity contribution in [3.05, 3.63) is 24.3 Å². The molecule has 0 aliphatic carbocycles. The summed E-state index contributed by atoms with van der Waals surface area (Å²) in [4.78, 5) is 1.87. The first-order valence-corrected chi connectivity index (χ1v) is 7.75. The van der Waals surface area contributed by atoms with Crippen LogP contribution in [0, 0.1) is 0 Å². The van der Waals surface area contributed by atoms with Crippen LogP contribution in [-0.4, -0.2) is 43.0 Å². The lowest BCUT2D eigenvalue weighted by Gasteiger charge is -2.19. The molecule has 0 saturated heterocycles. The van der Waals surface area contributed by atoms with Crippen molar-refractivity contribution in [2.75, 3.05) is 26.8 Å². The highest BCUT2D eigenvalue weighted by Crippen LogP contribution is 2.27. The van der Waals surface area contributed by atoms with E-state index in [9.17, 15) is 0 Å². The van der Waals surface area contributed by atoms with Crippen molar-refractivity contribution in [1.29, 1.82) is 0 Å². The van der Waals surface area contributed by atoms with Crippen molar-refractivity contribution in [3.8, 4) is 11.5 Å². The Morgan fingerprint density at radius 1 is 1.19 bits per heavy atom. The second-order valence-corrected chi connectivity index (χ2v) is 5.11. The van der Waals surface area contributed by atoms with Crippen molar-refractivity contribution in [2.45, 2.75) is 33.3 Å². The Bertz CT molecular complexity index is 439. The zero-order valence-corrected chi connectivity index (χ0v) is 14.1. The van der Waals surface area contributed by atoms with Gasteiger partial charge in [-0.3, -0.25) is 0 Å². The molecule has 0 fully saturated rings. The molecule has 21 heavy (non-hydrogen) atoms. The molecule has 0 aliphatic rings. The molecular formula is C16H25NO3S. The molecule has 118 valence electrons. The van der Waals surface area contributed by atoms with Crippen LogP contribution in [0.3, 0.4) is 0 Å². The predicted octanol–water partition coefficient (Wildman–Crippen LogP) is 3.50. The summed E-state index contributed by atoms with van der Waals surface area (Å²) in [5.41, 5.74) is 0. The monoisotopic (exact) mass is 311 g/mol. The molecule has 0 aliphatic heterocycles. The van der Waals surface area contributed by atoms with E-state index in [4.69, 9.17) is 26.4 Å². The van der Waals surface area contributed by atoms with Crippen LogP contribution in [0.1, 0.15) is 27.2 Å². The second-order valence-electron chi connectivity index (χ2n) is 4.76. The van der Waals surface area contributed by atoms with Gasteiger partial charge < -0.3 is 19.1 Å². The van der Waals surface area contributed by atoms with Gasteiger partial charge in [0.25, 0.3) is 5.17 Å². The van der Waals surface area contributed by atoms with E-state index in [2.05, 4.69) is 6.92 Å². The maximum atomic E-state index is 5.83. The molecule has 4 nitrogen and oxygen atoms in total. The van der Waals surface area contributed by atoms with Gasteiger partial charge in [-0.15, -0.1) is 0 Å². The average molecular weight is 311 g/mol. The third-order valence-corrected chi connectivity index (χ3v) is 3.53. The Balaban J connectivity index is 2.43. The molecule has 0 amide bonds. The van der Waals surface area contributed by atoms with Gasteiger partial charge in [0.15, 0.2) is 11.5 Å². The number of nitrogens with zero attached hydrogens (tertiary/aromatic N) is 1. The zero-order valence-electron chi connectivity index (χ0n) is 13.3. The molecule has 5 heteroatoms. The highest BCUT2D eigenvalue weighted by atomic mass is 32.1. The Hall–Kier alpha value is -1.49. The normalized spacial score (nSPS) is 11.6. The number of hydrogen-bond acceptors (Lipinski definition) is 4. The maximum absolute atomic E-state index is 5.83. The molecule has 0 unspecified atom stereocenters. The fourth-order valence-electron chi connectivity index (χ4n) is 1.49. The van der Waals surface area contributed by atoms with Gasteiger partial charge in [-0.05, 0) is 44.6 Å². The summed E-state index contributed by atoms with van der Waals surface area (Å²) < 4.78 is 17.0. The van der Waals surface area contributed by atoms with Crippen LogP contribution in [0.15, 0.2) is 24.3 Å². The van der Waals surface area contributed by atoms with Gasteiger partial charge in [-0.2, -0.15) is 0 Å². The van der Waals surface area contributed by atoms with Crippen molar-refractivity contribution < 1.29 is 14.2 Å². The van der Waals surface area contributed by atoms with Crippen LogP contribution in [0.25, 0.3) is 0 Å². The molecule has 1 atom stereocenters. The van der Waals surface area contributed by atoms with Gasteiger partial charge in [-0.1, -0.05) is 19.1 Å². The largest absolute Gasteiger partial charge is 0.487 e. The van der Waals surface area contributed by atoms with E-state index in [1.807, 2.05) is 50.1 Å². The van der Waals surface area contributed by atoms with E-state index in [-0.39, 0.29) is 6.10 Å². The van der Waals surface area contributed by atoms with Crippen LogP contribution in [-0.2, 0) is 4.74 Å². The minimum atomic E-state index is 0.164. The van der Waals surface area contributed by atoms with E-state index in [1.54, 1.807) is 0 Å². The van der Waals surface area contributed by atoms with Crippen LogP contribution in [0.4, 0.5) is 0 Å². The Morgan fingerprint density at radius 2 is 1.86 bits per heavy atom. The molecule has 1 rings (SSSR count). The van der Waals surface area contributed by atoms with Crippen LogP contribution >= 0.6 is 12.2 Å². The van der Waals surface area contributed by atoms with E-state index >= 15 is 0 Å². The molecule has 0 N–H and O–H groups in total. The highest BCUT2D eigenvalue weighted by Gasteiger charge is 2.08. The predicted molar refractivity (Wildman–Crippen MR) is 89.2 cm³/mol. The number of para-hydroxylation sites is 2. The zero-order chi connectivity index (χ0) is 15.7. The third kappa shape index (κ3) is 6.21. The van der Waals surface area contributed by atoms with Gasteiger partial charge in [0.2, 0.25) is 0 Å². The van der Waals surface area contributed by atoms with E-state index < -0.39 is 0 Å². The van der Waals surface area contributed by atoms with Gasteiger partial charge in [-0.25, -0.2) is 0 Å². The lowest BCUT2D eigenvalue weighted by Crippen LogP contribution is -2.28. The van der Waals surface area contributed by atoms with Crippen molar-refractivity contribution >= 4 is 17.4 Å². The summed E-state index contributed by atoms with van der Waals surface area (Å²) in [6.45, 7) is 7.82. The smallest absolute Gasteiger partial charge is 0.259 e. The molecule has 0 heterocycles. The highest BCUT2D eigenvalue weighted by molar-refractivity contribution is 7.80. The average Bonchev–Trinajstić information content (AvgIpc) is 2.51. The first-order valence-electron chi connectivity index (χ1n) is 7.34. The molecule has 0 bridgehead atoms. The number of benzene rings is 1.